The van der Waals surface area contributed by atoms with E-state index in [1.807, 2.05) is 37.8 Å². The Morgan fingerprint density at radius 1 is 1.38 bits per heavy atom. The van der Waals surface area contributed by atoms with Gasteiger partial charge in [-0.25, -0.2) is 0 Å². The molecule has 5 nitrogen and oxygen atoms in total. The normalized spacial score (nSPS) is 21.0. The lowest BCUT2D eigenvalue weighted by molar-refractivity contribution is -0.154. The molecule has 0 aromatic heterocycles. The summed E-state index contributed by atoms with van der Waals surface area (Å²) >= 11 is 0. The van der Waals surface area contributed by atoms with E-state index in [4.69, 9.17) is 14.2 Å². The van der Waals surface area contributed by atoms with E-state index in [2.05, 4.69) is 0 Å². The van der Waals surface area contributed by atoms with Gasteiger partial charge in [-0.1, -0.05) is 12.1 Å². The molecule has 0 spiro atoms. The van der Waals surface area contributed by atoms with Gasteiger partial charge >= 0.3 is 0 Å². The standard InChI is InChI=1S/C16H23NO4/c1-12-9-17(16(2,3)11-21-12)15(18)10-20-14-8-6-5-7-13(14)19-4/h5-8,12H,9-11H2,1-4H3. The molecule has 116 valence electrons. The van der Waals surface area contributed by atoms with Crippen molar-refractivity contribution >= 4 is 5.91 Å². The molecular formula is C16H23NO4. The summed E-state index contributed by atoms with van der Waals surface area (Å²) in [5.74, 6) is 1.16. The van der Waals surface area contributed by atoms with Gasteiger partial charge in [0.1, 0.15) is 0 Å². The molecule has 0 radical (unpaired) electrons. The molecule has 1 heterocycles. The van der Waals surface area contributed by atoms with Gasteiger partial charge in [0.25, 0.3) is 5.91 Å². The molecule has 1 aliphatic heterocycles. The topological polar surface area (TPSA) is 48.0 Å². The fraction of sp³-hybridized carbons (Fsp3) is 0.562. The summed E-state index contributed by atoms with van der Waals surface area (Å²) in [6.45, 7) is 7.09. The second-order valence-electron chi connectivity index (χ2n) is 5.88. The van der Waals surface area contributed by atoms with Crippen LogP contribution in [0.4, 0.5) is 0 Å². The molecule has 1 aromatic rings. The Labute approximate surface area is 125 Å². The van der Waals surface area contributed by atoms with E-state index in [0.29, 0.717) is 24.7 Å². The second-order valence-corrected chi connectivity index (χ2v) is 5.88. The van der Waals surface area contributed by atoms with Crippen LogP contribution in [0.3, 0.4) is 0 Å². The van der Waals surface area contributed by atoms with E-state index in [0.717, 1.165) is 0 Å². The molecule has 1 fully saturated rings. The van der Waals surface area contributed by atoms with Crippen molar-refractivity contribution in [3.05, 3.63) is 24.3 Å². The van der Waals surface area contributed by atoms with Crippen LogP contribution in [-0.2, 0) is 9.53 Å². The zero-order valence-electron chi connectivity index (χ0n) is 13.1. The lowest BCUT2D eigenvalue weighted by atomic mass is 10.0. The number of para-hydroxylation sites is 2. The van der Waals surface area contributed by atoms with Gasteiger partial charge in [0.2, 0.25) is 0 Å². The third kappa shape index (κ3) is 3.67. The first kappa shape index (κ1) is 15.6. The first-order valence-corrected chi connectivity index (χ1v) is 7.12. The summed E-state index contributed by atoms with van der Waals surface area (Å²) in [5.41, 5.74) is -0.312. The number of carbonyl (C=O) groups excluding carboxylic acids is 1. The van der Waals surface area contributed by atoms with Gasteiger partial charge in [-0.05, 0) is 32.9 Å². The summed E-state index contributed by atoms with van der Waals surface area (Å²) in [4.78, 5) is 14.3. The van der Waals surface area contributed by atoms with Crippen LogP contribution in [0.5, 0.6) is 11.5 Å². The summed E-state index contributed by atoms with van der Waals surface area (Å²) < 4.78 is 16.4. The Hall–Kier alpha value is -1.75. The van der Waals surface area contributed by atoms with Gasteiger partial charge in [0, 0.05) is 6.54 Å². The number of morpholine rings is 1. The molecule has 21 heavy (non-hydrogen) atoms. The van der Waals surface area contributed by atoms with Crippen LogP contribution in [0.25, 0.3) is 0 Å². The molecular weight excluding hydrogens is 270 g/mol. The highest BCUT2D eigenvalue weighted by Crippen LogP contribution is 2.27. The third-order valence-electron chi connectivity index (χ3n) is 3.61. The van der Waals surface area contributed by atoms with E-state index in [9.17, 15) is 4.79 Å². The van der Waals surface area contributed by atoms with Gasteiger partial charge in [-0.2, -0.15) is 0 Å². The van der Waals surface area contributed by atoms with Crippen molar-refractivity contribution in [3.63, 3.8) is 0 Å². The van der Waals surface area contributed by atoms with Gasteiger partial charge in [0.15, 0.2) is 18.1 Å². The molecule has 1 aromatic carbocycles. The molecule has 0 aliphatic carbocycles. The van der Waals surface area contributed by atoms with Gasteiger partial charge in [-0.15, -0.1) is 0 Å². The molecule has 1 amide bonds. The van der Waals surface area contributed by atoms with Gasteiger partial charge in [0.05, 0.1) is 25.4 Å². The highest BCUT2D eigenvalue weighted by Gasteiger charge is 2.36. The number of carbonyl (C=O) groups is 1. The van der Waals surface area contributed by atoms with Crippen molar-refractivity contribution < 1.29 is 19.0 Å². The predicted molar refractivity (Wildman–Crippen MR) is 79.7 cm³/mol. The van der Waals surface area contributed by atoms with Crippen LogP contribution in [0.1, 0.15) is 20.8 Å². The van der Waals surface area contributed by atoms with Crippen LogP contribution in [-0.4, -0.2) is 49.3 Å². The zero-order valence-corrected chi connectivity index (χ0v) is 13.1. The first-order valence-electron chi connectivity index (χ1n) is 7.12. The summed E-state index contributed by atoms with van der Waals surface area (Å²) in [6, 6.07) is 7.31. The van der Waals surface area contributed by atoms with Crippen LogP contribution in [0.15, 0.2) is 24.3 Å². The predicted octanol–water partition coefficient (Wildman–Crippen LogP) is 2.10. The maximum absolute atomic E-state index is 12.4. The fourth-order valence-electron chi connectivity index (χ4n) is 2.38. The largest absolute Gasteiger partial charge is 0.493 e. The maximum Gasteiger partial charge on any atom is 0.261 e. The number of ether oxygens (including phenoxy) is 3. The molecule has 2 rings (SSSR count). The molecule has 0 N–H and O–H groups in total. The van der Waals surface area contributed by atoms with Crippen LogP contribution in [0, 0.1) is 0 Å². The monoisotopic (exact) mass is 293 g/mol. The average molecular weight is 293 g/mol. The van der Waals surface area contributed by atoms with E-state index in [1.165, 1.54) is 0 Å². The van der Waals surface area contributed by atoms with E-state index < -0.39 is 0 Å². The number of hydrogen-bond donors (Lipinski definition) is 0. The highest BCUT2D eigenvalue weighted by molar-refractivity contribution is 5.78. The smallest absolute Gasteiger partial charge is 0.261 e. The van der Waals surface area contributed by atoms with E-state index in [-0.39, 0.29) is 24.2 Å². The lowest BCUT2D eigenvalue weighted by Gasteiger charge is -2.44. The highest BCUT2D eigenvalue weighted by atomic mass is 16.5. The summed E-state index contributed by atoms with van der Waals surface area (Å²) in [7, 11) is 1.58. The van der Waals surface area contributed by atoms with Crippen molar-refractivity contribution in [1.29, 1.82) is 0 Å². The lowest BCUT2D eigenvalue weighted by Crippen LogP contribution is -2.58. The Morgan fingerprint density at radius 2 is 2.05 bits per heavy atom. The minimum atomic E-state index is -0.312. The number of nitrogens with zero attached hydrogens (tertiary/aromatic N) is 1. The molecule has 1 atom stereocenters. The molecule has 0 saturated carbocycles. The second kappa shape index (κ2) is 6.35. The Morgan fingerprint density at radius 3 is 2.71 bits per heavy atom. The van der Waals surface area contributed by atoms with Gasteiger partial charge in [-0.3, -0.25) is 4.79 Å². The van der Waals surface area contributed by atoms with Crippen molar-refractivity contribution in [2.24, 2.45) is 0 Å². The average Bonchev–Trinajstić information content (AvgIpc) is 2.47. The van der Waals surface area contributed by atoms with Crippen molar-refractivity contribution in [1.82, 2.24) is 4.90 Å². The van der Waals surface area contributed by atoms with Crippen LogP contribution < -0.4 is 9.47 Å². The molecule has 1 saturated heterocycles. The quantitative estimate of drug-likeness (QED) is 0.853. The summed E-state index contributed by atoms with van der Waals surface area (Å²) in [6.07, 6.45) is 0.0493. The first-order chi connectivity index (χ1) is 9.94. The molecule has 5 heteroatoms. The Kier molecular flexibility index (Phi) is 4.73. The van der Waals surface area contributed by atoms with Crippen LogP contribution >= 0.6 is 0 Å². The maximum atomic E-state index is 12.4. The summed E-state index contributed by atoms with van der Waals surface area (Å²) in [5, 5.41) is 0. The van der Waals surface area contributed by atoms with E-state index in [1.54, 1.807) is 19.2 Å². The SMILES string of the molecule is COc1ccccc1OCC(=O)N1CC(C)OCC1(C)C. The zero-order chi connectivity index (χ0) is 15.5. The molecule has 0 bridgehead atoms. The molecule has 1 aliphatic rings. The number of hydrogen-bond acceptors (Lipinski definition) is 4. The van der Waals surface area contributed by atoms with E-state index >= 15 is 0 Å². The van der Waals surface area contributed by atoms with Crippen molar-refractivity contribution in [2.75, 3.05) is 26.9 Å². The Bertz CT molecular complexity index is 501. The third-order valence-corrected chi connectivity index (χ3v) is 3.61. The van der Waals surface area contributed by atoms with Crippen LogP contribution in [0.2, 0.25) is 0 Å². The number of methoxy groups -OCH3 is 1. The van der Waals surface area contributed by atoms with Gasteiger partial charge < -0.3 is 19.1 Å². The van der Waals surface area contributed by atoms with Crippen molar-refractivity contribution in [2.45, 2.75) is 32.4 Å². The Balaban J connectivity index is 2.00. The minimum Gasteiger partial charge on any atom is -0.493 e. The van der Waals surface area contributed by atoms with Crippen molar-refractivity contribution in [3.8, 4) is 11.5 Å². The minimum absolute atomic E-state index is 0.00345. The molecule has 1 unspecified atom stereocenters. The number of rotatable bonds is 4. The number of amides is 1. The number of benzene rings is 1. The fourth-order valence-corrected chi connectivity index (χ4v) is 2.38.